The number of hydrogen-bond acceptors (Lipinski definition) is 2. The van der Waals surface area contributed by atoms with Gasteiger partial charge in [0.05, 0.1) is 0 Å². The molecule has 0 aliphatic heterocycles. The zero-order valence-electron chi connectivity index (χ0n) is 10.8. The van der Waals surface area contributed by atoms with Gasteiger partial charge in [0.15, 0.2) is 0 Å². The number of hydrogen-bond donors (Lipinski definition) is 2. The lowest BCUT2D eigenvalue weighted by Gasteiger charge is -2.15. The molecule has 0 spiro atoms. The lowest BCUT2D eigenvalue weighted by Crippen LogP contribution is -2.42. The van der Waals surface area contributed by atoms with Crippen LogP contribution in [0.1, 0.15) is 39.0 Å². The van der Waals surface area contributed by atoms with E-state index in [-0.39, 0.29) is 11.8 Å². The summed E-state index contributed by atoms with van der Waals surface area (Å²) in [5.74, 6) is 1.91. The van der Waals surface area contributed by atoms with Crippen LogP contribution in [0.2, 0.25) is 0 Å². The average Bonchev–Trinajstić information content (AvgIpc) is 2.78. The maximum atomic E-state index is 12.2. The van der Waals surface area contributed by atoms with Gasteiger partial charge in [0.25, 0.3) is 0 Å². The van der Waals surface area contributed by atoms with Gasteiger partial charge in [0.1, 0.15) is 6.04 Å². The molecule has 0 radical (unpaired) electrons. The monoisotopic (exact) mass is 251 g/mol. The molecule has 4 nitrogen and oxygen atoms in total. The summed E-state index contributed by atoms with van der Waals surface area (Å²) in [5, 5.41) is 11.8. The molecular weight excluding hydrogens is 230 g/mol. The van der Waals surface area contributed by atoms with Crippen LogP contribution in [0.5, 0.6) is 0 Å². The van der Waals surface area contributed by atoms with Crippen molar-refractivity contribution in [3.63, 3.8) is 0 Å². The molecule has 4 heteroatoms. The van der Waals surface area contributed by atoms with Crippen molar-refractivity contribution in [1.82, 2.24) is 5.32 Å². The van der Waals surface area contributed by atoms with E-state index in [1.807, 2.05) is 6.92 Å². The molecule has 3 aliphatic rings. The lowest BCUT2D eigenvalue weighted by molar-refractivity contribution is -0.142. The molecule has 4 unspecified atom stereocenters. The average molecular weight is 251 g/mol. The van der Waals surface area contributed by atoms with E-state index in [4.69, 9.17) is 5.11 Å². The quantitative estimate of drug-likeness (QED) is 0.780. The summed E-state index contributed by atoms with van der Waals surface area (Å²) in [5.41, 5.74) is 0. The summed E-state index contributed by atoms with van der Waals surface area (Å²) in [6.45, 7) is 1.94. The van der Waals surface area contributed by atoms with Crippen molar-refractivity contribution in [2.45, 2.75) is 45.1 Å². The zero-order chi connectivity index (χ0) is 12.9. The number of nitrogens with one attached hydrogen (secondary N) is 1. The third kappa shape index (κ3) is 1.73. The molecule has 100 valence electrons. The molecule has 0 aromatic rings. The van der Waals surface area contributed by atoms with Crippen molar-refractivity contribution in [1.29, 1.82) is 0 Å². The molecule has 0 saturated heterocycles. The van der Waals surface area contributed by atoms with Gasteiger partial charge in [-0.3, -0.25) is 4.79 Å². The van der Waals surface area contributed by atoms with E-state index >= 15 is 0 Å². The topological polar surface area (TPSA) is 66.4 Å². The first-order valence-electron chi connectivity index (χ1n) is 7.16. The SMILES string of the molecule is CCC[C@@H](NC(=O)C1C2C3CCC(C3)C12)C(=O)O. The fourth-order valence-corrected chi connectivity index (χ4v) is 4.49. The molecule has 1 amide bonds. The van der Waals surface area contributed by atoms with Crippen LogP contribution in [0, 0.1) is 29.6 Å². The van der Waals surface area contributed by atoms with Crippen molar-refractivity contribution in [2.75, 3.05) is 0 Å². The Morgan fingerprint density at radius 2 is 1.89 bits per heavy atom. The van der Waals surface area contributed by atoms with Gasteiger partial charge in [0, 0.05) is 5.92 Å². The number of amides is 1. The number of carboxylic acid groups (broad SMARTS) is 1. The normalized spacial score (nSPS) is 41.3. The van der Waals surface area contributed by atoms with Gasteiger partial charge < -0.3 is 10.4 Å². The molecular formula is C14H21NO3. The molecule has 18 heavy (non-hydrogen) atoms. The maximum absolute atomic E-state index is 12.2. The number of carbonyl (C=O) groups excluding carboxylic acids is 1. The van der Waals surface area contributed by atoms with Crippen molar-refractivity contribution in [3.05, 3.63) is 0 Å². The number of fused-ring (bicyclic) bond motifs is 5. The number of carboxylic acids is 1. The Morgan fingerprint density at radius 1 is 1.28 bits per heavy atom. The van der Waals surface area contributed by atoms with Crippen molar-refractivity contribution in [2.24, 2.45) is 29.6 Å². The van der Waals surface area contributed by atoms with E-state index in [0.29, 0.717) is 18.3 Å². The first kappa shape index (κ1) is 12.0. The number of carbonyl (C=O) groups is 2. The standard InChI is InChI=1S/C14H21NO3/c1-2-3-9(14(17)18)15-13(16)12-10-7-4-5-8(6-7)11(10)12/h7-12H,2-6H2,1H3,(H,15,16)(H,17,18)/t7?,8?,9-,10?,11?,12?/m1/s1. The summed E-state index contributed by atoms with van der Waals surface area (Å²) in [6, 6.07) is -0.693. The van der Waals surface area contributed by atoms with Crippen LogP contribution < -0.4 is 5.32 Å². The largest absolute Gasteiger partial charge is 0.480 e. The van der Waals surface area contributed by atoms with Crippen LogP contribution in [0.4, 0.5) is 0 Å². The second-order valence-corrected chi connectivity index (χ2v) is 6.20. The molecule has 0 aromatic carbocycles. The van der Waals surface area contributed by atoms with Crippen LogP contribution >= 0.6 is 0 Å². The van der Waals surface area contributed by atoms with E-state index in [1.165, 1.54) is 19.3 Å². The van der Waals surface area contributed by atoms with E-state index in [9.17, 15) is 9.59 Å². The minimum Gasteiger partial charge on any atom is -0.480 e. The number of aliphatic carboxylic acids is 1. The van der Waals surface area contributed by atoms with Crippen LogP contribution in [-0.2, 0) is 9.59 Å². The van der Waals surface area contributed by atoms with Gasteiger partial charge in [0.2, 0.25) is 5.91 Å². The van der Waals surface area contributed by atoms with E-state index in [1.54, 1.807) is 0 Å². The first-order chi connectivity index (χ1) is 8.63. The van der Waals surface area contributed by atoms with Gasteiger partial charge in [-0.2, -0.15) is 0 Å². The Hall–Kier alpha value is -1.06. The molecule has 2 N–H and O–H groups in total. The maximum Gasteiger partial charge on any atom is 0.326 e. The Balaban J connectivity index is 1.58. The van der Waals surface area contributed by atoms with Gasteiger partial charge in [-0.1, -0.05) is 13.3 Å². The Bertz CT molecular complexity index is 365. The fraction of sp³-hybridized carbons (Fsp3) is 0.857. The van der Waals surface area contributed by atoms with Gasteiger partial charge in [-0.05, 0) is 49.4 Å². The first-order valence-corrected chi connectivity index (χ1v) is 7.16. The van der Waals surface area contributed by atoms with Gasteiger partial charge in [-0.15, -0.1) is 0 Å². The van der Waals surface area contributed by atoms with Gasteiger partial charge >= 0.3 is 5.97 Å². The van der Waals surface area contributed by atoms with Crippen LogP contribution in [-0.4, -0.2) is 23.0 Å². The van der Waals surface area contributed by atoms with Crippen LogP contribution in [0.15, 0.2) is 0 Å². The summed E-state index contributed by atoms with van der Waals surface area (Å²) in [6.07, 6.45) is 5.19. The molecule has 0 aromatic heterocycles. The molecule has 3 saturated carbocycles. The van der Waals surface area contributed by atoms with Crippen LogP contribution in [0.25, 0.3) is 0 Å². The molecule has 0 heterocycles. The summed E-state index contributed by atoms with van der Waals surface area (Å²) in [4.78, 5) is 23.2. The predicted octanol–water partition coefficient (Wildman–Crippen LogP) is 1.65. The lowest BCUT2D eigenvalue weighted by atomic mass is 10.0. The molecule has 2 bridgehead atoms. The highest BCUT2D eigenvalue weighted by atomic mass is 16.4. The van der Waals surface area contributed by atoms with Crippen molar-refractivity contribution < 1.29 is 14.7 Å². The minimum atomic E-state index is -0.904. The molecule has 3 fully saturated rings. The third-order valence-electron chi connectivity index (χ3n) is 5.23. The summed E-state index contributed by atoms with van der Waals surface area (Å²) >= 11 is 0. The van der Waals surface area contributed by atoms with Gasteiger partial charge in [-0.25, -0.2) is 4.79 Å². The highest BCUT2D eigenvalue weighted by molar-refractivity contribution is 5.87. The molecule has 5 atom stereocenters. The van der Waals surface area contributed by atoms with E-state index in [2.05, 4.69) is 5.32 Å². The summed E-state index contributed by atoms with van der Waals surface area (Å²) < 4.78 is 0. The third-order valence-corrected chi connectivity index (χ3v) is 5.23. The predicted molar refractivity (Wildman–Crippen MR) is 65.8 cm³/mol. The Labute approximate surface area is 107 Å². The highest BCUT2D eigenvalue weighted by Crippen LogP contribution is 2.69. The second-order valence-electron chi connectivity index (χ2n) is 6.20. The second kappa shape index (κ2) is 4.25. The van der Waals surface area contributed by atoms with Crippen LogP contribution in [0.3, 0.4) is 0 Å². The fourth-order valence-electron chi connectivity index (χ4n) is 4.49. The van der Waals surface area contributed by atoms with E-state index < -0.39 is 12.0 Å². The minimum absolute atomic E-state index is 0.00227. The highest BCUT2D eigenvalue weighted by Gasteiger charge is 2.67. The summed E-state index contributed by atoms with van der Waals surface area (Å²) in [7, 11) is 0. The zero-order valence-corrected chi connectivity index (χ0v) is 10.8. The Morgan fingerprint density at radius 3 is 2.39 bits per heavy atom. The van der Waals surface area contributed by atoms with Crippen molar-refractivity contribution >= 4 is 11.9 Å². The van der Waals surface area contributed by atoms with E-state index in [0.717, 1.165) is 18.3 Å². The number of rotatable bonds is 5. The van der Waals surface area contributed by atoms with Crippen molar-refractivity contribution in [3.8, 4) is 0 Å². The Kier molecular flexibility index (Phi) is 2.83. The molecule has 3 rings (SSSR count). The smallest absolute Gasteiger partial charge is 0.326 e. The molecule has 3 aliphatic carbocycles.